The molecule has 3 aromatic carbocycles. The van der Waals surface area contributed by atoms with Gasteiger partial charge in [-0.2, -0.15) is 0 Å². The molecule has 0 bridgehead atoms. The predicted octanol–water partition coefficient (Wildman–Crippen LogP) is 7.70. The Kier molecular flexibility index (Phi) is 10.1. The summed E-state index contributed by atoms with van der Waals surface area (Å²) < 4.78 is 5.50. The van der Waals surface area contributed by atoms with Gasteiger partial charge < -0.3 is 20.3 Å². The zero-order valence-corrected chi connectivity index (χ0v) is 26.8. The Labute approximate surface area is 251 Å². The highest BCUT2D eigenvalue weighted by Crippen LogP contribution is 2.35. The van der Waals surface area contributed by atoms with E-state index in [1.807, 2.05) is 109 Å². The molecule has 0 fully saturated rings. The van der Waals surface area contributed by atoms with E-state index in [2.05, 4.69) is 10.6 Å². The fourth-order valence-electron chi connectivity index (χ4n) is 4.97. The Morgan fingerprint density at radius 1 is 0.881 bits per heavy atom. The first kappa shape index (κ1) is 32.6. The summed E-state index contributed by atoms with van der Waals surface area (Å²) in [6, 6.07) is 17.8. The van der Waals surface area contributed by atoms with Crippen molar-refractivity contribution in [3.8, 4) is 0 Å². The van der Waals surface area contributed by atoms with Crippen molar-refractivity contribution >= 4 is 34.4 Å². The molecule has 0 saturated carbocycles. The van der Waals surface area contributed by atoms with E-state index in [-0.39, 0.29) is 17.7 Å². The van der Waals surface area contributed by atoms with Gasteiger partial charge in [-0.1, -0.05) is 74.9 Å². The standard InChI is InChI=1S/C35H47N3O4/c1-11-35(9,10)38(32(40)29(22(2)3)37-33(41)42-34(6,7)8)30(28-20-23(4)16-17-24(28)5)31(39)36-27-19-18-25-14-12-13-15-26(25)21-27/h12-22,29-30H,11H2,1-10H3,(H,36,39)(H,37,41). The quantitative estimate of drug-likeness (QED) is 0.275. The largest absolute Gasteiger partial charge is 0.444 e. The van der Waals surface area contributed by atoms with Crippen molar-refractivity contribution in [3.63, 3.8) is 0 Å². The topological polar surface area (TPSA) is 87.7 Å². The molecule has 42 heavy (non-hydrogen) atoms. The number of alkyl carbamates (subject to hydrolysis) is 1. The number of nitrogens with one attached hydrogen (secondary N) is 2. The Hall–Kier alpha value is -3.87. The number of hydrogen-bond donors (Lipinski definition) is 2. The number of carbonyl (C=O) groups is 3. The van der Waals surface area contributed by atoms with Gasteiger partial charge in [0.05, 0.1) is 0 Å². The normalized spacial score (nSPS) is 13.4. The summed E-state index contributed by atoms with van der Waals surface area (Å²) in [6.45, 7) is 18.9. The minimum atomic E-state index is -0.958. The molecule has 0 aliphatic carbocycles. The van der Waals surface area contributed by atoms with Crippen LogP contribution in [0.3, 0.4) is 0 Å². The van der Waals surface area contributed by atoms with Crippen molar-refractivity contribution < 1.29 is 19.1 Å². The van der Waals surface area contributed by atoms with Gasteiger partial charge in [0.1, 0.15) is 17.7 Å². The van der Waals surface area contributed by atoms with E-state index in [9.17, 15) is 14.4 Å². The molecule has 7 nitrogen and oxygen atoms in total. The minimum absolute atomic E-state index is 0.261. The van der Waals surface area contributed by atoms with Gasteiger partial charge in [0.25, 0.3) is 5.91 Å². The molecule has 0 aliphatic rings. The molecule has 0 radical (unpaired) electrons. The monoisotopic (exact) mass is 573 g/mol. The average Bonchev–Trinajstić information content (AvgIpc) is 2.90. The van der Waals surface area contributed by atoms with Crippen LogP contribution < -0.4 is 10.6 Å². The van der Waals surface area contributed by atoms with Crippen LogP contribution >= 0.6 is 0 Å². The summed E-state index contributed by atoms with van der Waals surface area (Å²) in [5, 5.41) is 7.98. The Balaban J connectivity index is 2.14. The van der Waals surface area contributed by atoms with Crippen molar-refractivity contribution in [3.05, 3.63) is 77.4 Å². The van der Waals surface area contributed by atoms with Crippen molar-refractivity contribution in [2.45, 2.75) is 98.9 Å². The van der Waals surface area contributed by atoms with E-state index in [0.717, 1.165) is 27.5 Å². The first-order chi connectivity index (χ1) is 19.5. The zero-order chi connectivity index (χ0) is 31.4. The predicted molar refractivity (Wildman–Crippen MR) is 170 cm³/mol. The number of fused-ring (bicyclic) bond motifs is 1. The van der Waals surface area contributed by atoms with E-state index >= 15 is 0 Å². The number of hydrogen-bond acceptors (Lipinski definition) is 4. The number of aryl methyl sites for hydroxylation is 2. The van der Waals surface area contributed by atoms with Crippen molar-refractivity contribution in [2.24, 2.45) is 5.92 Å². The summed E-state index contributed by atoms with van der Waals surface area (Å²) >= 11 is 0. The molecule has 0 heterocycles. The fraction of sp³-hybridized carbons (Fsp3) is 0.457. The van der Waals surface area contributed by atoms with Gasteiger partial charge in [0, 0.05) is 11.2 Å². The van der Waals surface area contributed by atoms with Crippen LogP contribution in [-0.2, 0) is 14.3 Å². The van der Waals surface area contributed by atoms with Gasteiger partial charge in [-0.05, 0) is 94.8 Å². The maximum Gasteiger partial charge on any atom is 0.408 e. The third kappa shape index (κ3) is 7.90. The van der Waals surface area contributed by atoms with E-state index < -0.39 is 29.3 Å². The van der Waals surface area contributed by atoms with Crippen LogP contribution in [0.15, 0.2) is 60.7 Å². The second-order valence-electron chi connectivity index (χ2n) is 13.1. The molecule has 3 rings (SSSR count). The molecule has 2 N–H and O–H groups in total. The van der Waals surface area contributed by atoms with E-state index in [1.54, 1.807) is 25.7 Å². The molecule has 2 unspecified atom stereocenters. The number of rotatable bonds is 9. The zero-order valence-electron chi connectivity index (χ0n) is 26.8. The molecule has 0 spiro atoms. The number of anilines is 1. The highest BCUT2D eigenvalue weighted by atomic mass is 16.6. The van der Waals surface area contributed by atoms with Crippen LogP contribution in [0.1, 0.15) is 84.5 Å². The lowest BCUT2D eigenvalue weighted by molar-refractivity contribution is -0.148. The van der Waals surface area contributed by atoms with Gasteiger partial charge in [0.15, 0.2) is 0 Å². The van der Waals surface area contributed by atoms with Gasteiger partial charge in [-0.15, -0.1) is 0 Å². The maximum absolute atomic E-state index is 14.6. The van der Waals surface area contributed by atoms with Crippen LogP contribution in [0.4, 0.5) is 10.5 Å². The van der Waals surface area contributed by atoms with Gasteiger partial charge in [-0.25, -0.2) is 4.79 Å². The number of ether oxygens (including phenoxy) is 1. The molecule has 0 aromatic heterocycles. The van der Waals surface area contributed by atoms with Crippen LogP contribution in [-0.4, -0.2) is 40.0 Å². The van der Waals surface area contributed by atoms with E-state index in [4.69, 9.17) is 4.74 Å². The maximum atomic E-state index is 14.6. The third-order valence-corrected chi connectivity index (χ3v) is 7.61. The molecule has 226 valence electrons. The summed E-state index contributed by atoms with van der Waals surface area (Å²) in [6.07, 6.45) is -0.0895. The lowest BCUT2D eigenvalue weighted by Crippen LogP contribution is -2.60. The van der Waals surface area contributed by atoms with Gasteiger partial charge in [0.2, 0.25) is 5.91 Å². The molecule has 2 atom stereocenters. The minimum Gasteiger partial charge on any atom is -0.444 e. The molecule has 0 aliphatic heterocycles. The Morgan fingerprint density at radius 3 is 2.12 bits per heavy atom. The third-order valence-electron chi connectivity index (χ3n) is 7.61. The molecule has 3 aromatic rings. The number of carbonyl (C=O) groups excluding carboxylic acids is 3. The summed E-state index contributed by atoms with van der Waals surface area (Å²) in [5.41, 5.74) is 1.79. The van der Waals surface area contributed by atoms with Crippen molar-refractivity contribution in [1.82, 2.24) is 10.2 Å². The fourth-order valence-corrected chi connectivity index (χ4v) is 4.97. The number of benzene rings is 3. The van der Waals surface area contributed by atoms with Gasteiger partial charge in [-0.3, -0.25) is 9.59 Å². The van der Waals surface area contributed by atoms with Gasteiger partial charge >= 0.3 is 6.09 Å². The smallest absolute Gasteiger partial charge is 0.408 e. The molecular formula is C35H47N3O4. The summed E-state index contributed by atoms with van der Waals surface area (Å²) in [4.78, 5) is 43.5. The Morgan fingerprint density at radius 2 is 1.52 bits per heavy atom. The van der Waals surface area contributed by atoms with Crippen molar-refractivity contribution in [2.75, 3.05) is 5.32 Å². The van der Waals surface area contributed by atoms with Crippen LogP contribution in [0, 0.1) is 19.8 Å². The highest BCUT2D eigenvalue weighted by molar-refractivity contribution is 6.01. The molecule has 0 saturated heterocycles. The number of amides is 3. The summed E-state index contributed by atoms with van der Waals surface area (Å²) in [7, 11) is 0. The SMILES string of the molecule is CCC(C)(C)N(C(=O)C(NC(=O)OC(C)(C)C)C(C)C)C(C(=O)Nc1ccc2ccccc2c1)c1cc(C)ccc1C. The highest BCUT2D eigenvalue weighted by Gasteiger charge is 2.44. The van der Waals surface area contributed by atoms with Crippen molar-refractivity contribution in [1.29, 1.82) is 0 Å². The van der Waals surface area contributed by atoms with Crippen LogP contribution in [0.25, 0.3) is 10.8 Å². The first-order valence-electron chi connectivity index (χ1n) is 14.7. The van der Waals surface area contributed by atoms with Crippen LogP contribution in [0.5, 0.6) is 0 Å². The average molecular weight is 574 g/mol. The van der Waals surface area contributed by atoms with E-state index in [0.29, 0.717) is 12.1 Å². The Bertz CT molecular complexity index is 1440. The van der Waals surface area contributed by atoms with Crippen LogP contribution in [0.2, 0.25) is 0 Å². The lowest BCUT2D eigenvalue weighted by atomic mass is 9.88. The molecule has 3 amide bonds. The lowest BCUT2D eigenvalue weighted by Gasteiger charge is -2.45. The first-order valence-corrected chi connectivity index (χ1v) is 14.7. The number of nitrogens with zero attached hydrogens (tertiary/aromatic N) is 1. The summed E-state index contributed by atoms with van der Waals surface area (Å²) in [5.74, 6) is -0.932. The second-order valence-corrected chi connectivity index (χ2v) is 13.1. The van der Waals surface area contributed by atoms with E-state index in [1.165, 1.54) is 0 Å². The molecule has 7 heteroatoms. The molecular weight excluding hydrogens is 526 g/mol. The second kappa shape index (κ2) is 13.0.